The van der Waals surface area contributed by atoms with E-state index in [0.29, 0.717) is 5.75 Å². The molecule has 0 saturated carbocycles. The summed E-state index contributed by atoms with van der Waals surface area (Å²) in [5.41, 5.74) is 10.4. The zero-order valence-electron chi connectivity index (χ0n) is 56.4. The van der Waals surface area contributed by atoms with Gasteiger partial charge in [0, 0.05) is 138 Å². The number of benzene rings is 8. The average molecular weight is 1490 g/mol. The lowest BCUT2D eigenvalue weighted by molar-refractivity contribution is -0.870. The highest BCUT2D eigenvalue weighted by atomic mass is 79.9. The van der Waals surface area contributed by atoms with Gasteiger partial charge in [0.1, 0.15) is 5.75 Å². The molecule has 0 bridgehead atoms. The molecule has 0 aliphatic carbocycles. The summed E-state index contributed by atoms with van der Waals surface area (Å²) in [6.45, 7) is 9.15. The molecule has 0 fully saturated rings. The standard InChI is InChI=1S/C20H25Br2N2.C20H26N2O.C20H27N2.C18H21Br2N2/c1-24(2,3)12-6-4-5-11-23-19-9-7-15(21)13-17(19)18-14-16(22)8-10-20(18)23;1-22(2,3)14-8-4-7-13-21-19-10-6-5-9-17(19)18-12-11-16(23)15-20(18)21;1-22(2,3)16-10-4-9-15-21-19-13-7-5-11-17(19)18-12-6-8-14-20(18)21;1-22(2,3)10-4-9-21-17-7-5-13(19)11-15(17)16-12-14(20)6-8-18(16)21/h7-10,13-14H,4-6,11-12H2,1-3H3;5-6,9-12,15H,4,7-8,13-14H2,1-3H3;5-8,11-14H,4,9-10,15-16H2,1-3H3;5-8,11-12H,4,9-10H2,1-3H3/q+1;;2*+1/p+1. The maximum Gasteiger partial charge on any atom is 0.117 e. The Labute approximate surface area is 576 Å². The fourth-order valence-electron chi connectivity index (χ4n) is 12.9. The molecular weight excluding hydrogens is 1380 g/mol. The van der Waals surface area contributed by atoms with Crippen molar-refractivity contribution in [1.29, 1.82) is 0 Å². The second kappa shape index (κ2) is 30.7. The van der Waals surface area contributed by atoms with Crippen LogP contribution in [0.2, 0.25) is 0 Å². The van der Waals surface area contributed by atoms with Gasteiger partial charge in [-0.3, -0.25) is 0 Å². The van der Waals surface area contributed by atoms with Crippen molar-refractivity contribution in [2.75, 3.05) is 111 Å². The van der Waals surface area contributed by atoms with Gasteiger partial charge in [-0.05, 0) is 161 Å². The fourth-order valence-corrected chi connectivity index (χ4v) is 14.3. The summed E-state index contributed by atoms with van der Waals surface area (Å²) in [6, 6.07) is 58.2. The van der Waals surface area contributed by atoms with E-state index in [0.717, 1.165) is 67.5 Å². The molecule has 0 aliphatic heterocycles. The molecule has 1 N–H and O–H groups in total. The smallest absolute Gasteiger partial charge is 0.117 e. The number of para-hydroxylation sites is 3. The van der Waals surface area contributed by atoms with Crippen molar-refractivity contribution in [3.8, 4) is 5.75 Å². The van der Waals surface area contributed by atoms with E-state index < -0.39 is 0 Å². The van der Waals surface area contributed by atoms with Crippen molar-refractivity contribution >= 4 is 151 Å². The quantitative estimate of drug-likeness (QED) is 0.0533. The van der Waals surface area contributed by atoms with Crippen molar-refractivity contribution in [3.63, 3.8) is 0 Å². The van der Waals surface area contributed by atoms with Gasteiger partial charge in [0.2, 0.25) is 0 Å². The van der Waals surface area contributed by atoms with E-state index in [-0.39, 0.29) is 0 Å². The average Bonchev–Trinajstić information content (AvgIpc) is 1.65. The first kappa shape index (κ1) is 69.9. The molecule has 91 heavy (non-hydrogen) atoms. The van der Waals surface area contributed by atoms with Gasteiger partial charge in [-0.15, -0.1) is 0 Å². The Balaban J connectivity index is 0.000000144. The third-order valence-electron chi connectivity index (χ3n) is 17.4. The number of rotatable bonds is 22. The number of hydrogen-bond donors (Lipinski definition) is 1. The number of halogens is 4. The molecule has 8 aromatic carbocycles. The first-order valence-corrected chi connectivity index (χ1v) is 36.0. The lowest BCUT2D eigenvalue weighted by Crippen LogP contribution is -2.35. The van der Waals surface area contributed by atoms with Gasteiger partial charge >= 0.3 is 0 Å². The van der Waals surface area contributed by atoms with Gasteiger partial charge in [0.15, 0.2) is 0 Å². The minimum atomic E-state index is 0.339. The third kappa shape index (κ3) is 18.9. The lowest BCUT2D eigenvalue weighted by Gasteiger charge is -2.24. The Hall–Kier alpha value is -5.48. The van der Waals surface area contributed by atoms with Gasteiger partial charge in [0.05, 0.1) is 116 Å². The monoisotopic (exact) mass is 1480 g/mol. The van der Waals surface area contributed by atoms with Crippen molar-refractivity contribution in [3.05, 3.63) is 182 Å². The van der Waals surface area contributed by atoms with Crippen LogP contribution in [0.5, 0.6) is 5.75 Å². The maximum atomic E-state index is 9.86. The number of nitrogens with zero attached hydrogens (tertiary/aromatic N) is 8. The number of hydrogen-bond acceptors (Lipinski definition) is 1. The molecule has 0 unspecified atom stereocenters. The number of phenolic OH excluding ortho intramolecular Hbond substituents is 1. The summed E-state index contributed by atoms with van der Waals surface area (Å²) >= 11 is 14.4. The Bertz CT molecular complexity index is 4220. The van der Waals surface area contributed by atoms with Crippen LogP contribution in [0.1, 0.15) is 64.2 Å². The molecule has 0 saturated heterocycles. The van der Waals surface area contributed by atoms with E-state index in [1.807, 2.05) is 12.1 Å². The second-order valence-corrected chi connectivity index (χ2v) is 32.8. The van der Waals surface area contributed by atoms with Crippen LogP contribution < -0.4 is 0 Å². The molecule has 12 rings (SSSR count). The zero-order valence-corrected chi connectivity index (χ0v) is 62.7. The van der Waals surface area contributed by atoms with E-state index in [9.17, 15) is 5.11 Å². The van der Waals surface area contributed by atoms with Crippen molar-refractivity contribution < 1.29 is 23.0 Å². The molecule has 0 spiro atoms. The number of unbranched alkanes of at least 4 members (excludes halogenated alkanes) is 6. The second-order valence-electron chi connectivity index (χ2n) is 29.1. The number of quaternary nitrogens is 4. The van der Waals surface area contributed by atoms with Crippen LogP contribution in [-0.4, -0.2) is 152 Å². The molecule has 0 amide bonds. The normalized spacial score (nSPS) is 12.4. The van der Waals surface area contributed by atoms with Gasteiger partial charge < -0.3 is 41.3 Å². The molecule has 13 heteroatoms. The largest absolute Gasteiger partial charge is 0.508 e. The van der Waals surface area contributed by atoms with Gasteiger partial charge in [0.25, 0.3) is 0 Å². The number of aromatic nitrogens is 4. The van der Waals surface area contributed by atoms with Gasteiger partial charge in [-0.2, -0.15) is 0 Å². The summed E-state index contributed by atoms with van der Waals surface area (Å²) in [5, 5.41) is 20.4. The number of aryl methyl sites for hydroxylation is 4. The lowest BCUT2D eigenvalue weighted by atomic mass is 10.1. The fraction of sp³-hybridized carbons (Fsp3) is 0.385. The summed E-state index contributed by atoms with van der Waals surface area (Å²) < 4.78 is 18.5. The zero-order chi connectivity index (χ0) is 65.3. The summed E-state index contributed by atoms with van der Waals surface area (Å²) in [7, 11) is 27.1. The predicted octanol–water partition coefficient (Wildman–Crippen LogP) is 20.7. The molecule has 0 radical (unpaired) electrons. The minimum absolute atomic E-state index is 0.339. The highest BCUT2D eigenvalue weighted by molar-refractivity contribution is 9.11. The number of aromatic hydroxyl groups is 1. The van der Waals surface area contributed by atoms with Crippen LogP contribution in [0.25, 0.3) is 87.2 Å². The highest BCUT2D eigenvalue weighted by Gasteiger charge is 2.17. The van der Waals surface area contributed by atoms with Gasteiger partial charge in [-0.1, -0.05) is 118 Å². The predicted molar refractivity (Wildman–Crippen MR) is 408 cm³/mol. The van der Waals surface area contributed by atoms with E-state index in [1.165, 1.54) is 172 Å². The van der Waals surface area contributed by atoms with E-state index in [4.69, 9.17) is 0 Å². The highest BCUT2D eigenvalue weighted by Crippen LogP contribution is 2.37. The van der Waals surface area contributed by atoms with E-state index in [2.05, 4.69) is 312 Å². The Morgan fingerprint density at radius 2 is 0.505 bits per heavy atom. The molecule has 482 valence electrons. The molecule has 4 heterocycles. The minimum Gasteiger partial charge on any atom is -0.508 e. The Kier molecular flexibility index (Phi) is 23.6. The maximum absolute atomic E-state index is 9.86. The molecule has 0 aliphatic rings. The molecule has 0 atom stereocenters. The first-order valence-electron chi connectivity index (χ1n) is 32.8. The summed E-state index contributed by atoms with van der Waals surface area (Å²) in [4.78, 5) is 0. The van der Waals surface area contributed by atoms with Crippen molar-refractivity contribution in [2.45, 2.75) is 90.4 Å². The Morgan fingerprint density at radius 1 is 0.253 bits per heavy atom. The van der Waals surface area contributed by atoms with Crippen molar-refractivity contribution in [2.24, 2.45) is 0 Å². The SMILES string of the molecule is C[N+](C)(C)CCCCCn1c2ccc(Br)cc2c2cc(Br)ccc21.C[N+](C)(C)CCCCCn1c2ccccc2c2ccc(O)cc21.C[N+](C)(C)CCCCCn1c2ccccc2c2ccccc21.C[N+](C)(C)CCCn1c2ccc(Br)cc2c2cc(Br)ccc21. The van der Waals surface area contributed by atoms with Crippen LogP contribution >= 0.6 is 63.7 Å². The van der Waals surface area contributed by atoms with Crippen molar-refractivity contribution in [1.82, 2.24) is 18.3 Å². The van der Waals surface area contributed by atoms with Crippen LogP contribution in [-0.2, 0) is 26.2 Å². The van der Waals surface area contributed by atoms with E-state index in [1.54, 1.807) is 6.07 Å². The van der Waals surface area contributed by atoms with Crippen LogP contribution in [0.15, 0.2) is 182 Å². The third-order valence-corrected chi connectivity index (χ3v) is 19.3. The first-order chi connectivity index (χ1) is 43.2. The summed E-state index contributed by atoms with van der Waals surface area (Å²) in [6.07, 6.45) is 12.5. The number of fused-ring (bicyclic) bond motifs is 12. The van der Waals surface area contributed by atoms with Gasteiger partial charge in [-0.25, -0.2) is 0 Å². The van der Waals surface area contributed by atoms with Crippen LogP contribution in [0.3, 0.4) is 0 Å². The topological polar surface area (TPSA) is 39.9 Å². The van der Waals surface area contributed by atoms with Crippen LogP contribution in [0.4, 0.5) is 0 Å². The molecule has 12 aromatic rings. The molecular formula is C78H100Br4N8O+4. The van der Waals surface area contributed by atoms with E-state index >= 15 is 0 Å². The molecule has 4 aromatic heterocycles. The number of phenols is 1. The van der Waals surface area contributed by atoms with Crippen LogP contribution in [0, 0.1) is 0 Å². The molecule has 9 nitrogen and oxygen atoms in total. The Morgan fingerprint density at radius 3 is 0.813 bits per heavy atom. The summed E-state index contributed by atoms with van der Waals surface area (Å²) in [5.74, 6) is 0.339.